The summed E-state index contributed by atoms with van der Waals surface area (Å²) in [7, 11) is 3.17. The molecule has 7 heteroatoms. The van der Waals surface area contributed by atoms with Crippen molar-refractivity contribution >= 4 is 35.1 Å². The Morgan fingerprint density at radius 2 is 1.85 bits per heavy atom. The number of urea groups is 1. The number of benzene rings is 2. The minimum atomic E-state index is -0.120. The molecule has 1 N–H and O–H groups in total. The minimum absolute atomic E-state index is 0.120. The Balaban J connectivity index is 1.65. The number of ether oxygens (including phenoxy) is 2. The molecule has 1 atom stereocenters. The summed E-state index contributed by atoms with van der Waals surface area (Å²) >= 11 is 8.19. The minimum Gasteiger partial charge on any atom is -0.497 e. The molecule has 2 aromatic carbocycles. The molecule has 3 rings (SSSR count). The molecule has 0 aromatic heterocycles. The number of rotatable bonds is 4. The summed E-state index contributed by atoms with van der Waals surface area (Å²) in [6.07, 6.45) is 0.864. The van der Waals surface area contributed by atoms with Crippen molar-refractivity contribution in [1.29, 1.82) is 0 Å². The second kappa shape index (κ2) is 9.24. The molecule has 0 radical (unpaired) electrons. The monoisotopic (exact) mass is 406 g/mol. The van der Waals surface area contributed by atoms with Crippen LogP contribution in [0.3, 0.4) is 0 Å². The number of anilines is 1. The van der Waals surface area contributed by atoms with Gasteiger partial charge in [0.25, 0.3) is 0 Å². The predicted octanol–water partition coefficient (Wildman–Crippen LogP) is 5.07. The van der Waals surface area contributed by atoms with Crippen LogP contribution in [0.1, 0.15) is 17.2 Å². The van der Waals surface area contributed by atoms with E-state index in [9.17, 15) is 4.79 Å². The summed E-state index contributed by atoms with van der Waals surface area (Å²) in [5.74, 6) is 2.13. The van der Waals surface area contributed by atoms with Crippen LogP contribution in [0.25, 0.3) is 0 Å². The second-order valence-electron chi connectivity index (χ2n) is 6.19. The number of carbonyl (C=O) groups excluding carboxylic acids is 1. The van der Waals surface area contributed by atoms with Gasteiger partial charge in [-0.2, -0.15) is 11.8 Å². The third-order valence-corrected chi connectivity index (χ3v) is 6.14. The van der Waals surface area contributed by atoms with E-state index in [2.05, 4.69) is 11.4 Å². The Labute approximate surface area is 169 Å². The van der Waals surface area contributed by atoms with Crippen molar-refractivity contribution in [1.82, 2.24) is 4.90 Å². The fraction of sp³-hybridized carbons (Fsp3) is 0.350. The Kier molecular flexibility index (Phi) is 6.74. The van der Waals surface area contributed by atoms with Gasteiger partial charge in [0.05, 0.1) is 14.2 Å². The molecule has 1 aliphatic rings. The van der Waals surface area contributed by atoms with Gasteiger partial charge in [-0.1, -0.05) is 29.8 Å². The highest BCUT2D eigenvalue weighted by molar-refractivity contribution is 7.99. The van der Waals surface area contributed by atoms with Crippen LogP contribution >= 0.6 is 23.4 Å². The third kappa shape index (κ3) is 5.02. The van der Waals surface area contributed by atoms with Crippen molar-refractivity contribution < 1.29 is 14.3 Å². The second-order valence-corrected chi connectivity index (χ2v) is 7.91. The highest BCUT2D eigenvalue weighted by Crippen LogP contribution is 2.38. The highest BCUT2D eigenvalue weighted by Gasteiger charge is 2.23. The van der Waals surface area contributed by atoms with Crippen molar-refractivity contribution in [3.05, 3.63) is 53.1 Å². The first-order chi connectivity index (χ1) is 13.1. The fourth-order valence-electron chi connectivity index (χ4n) is 3.04. The molecule has 5 nitrogen and oxygen atoms in total. The Bertz CT molecular complexity index is 780. The number of carbonyl (C=O) groups is 1. The summed E-state index contributed by atoms with van der Waals surface area (Å²) in [6.45, 7) is 1.37. The van der Waals surface area contributed by atoms with Crippen molar-refractivity contribution in [2.75, 3.05) is 38.4 Å². The van der Waals surface area contributed by atoms with E-state index in [4.69, 9.17) is 21.1 Å². The topological polar surface area (TPSA) is 50.8 Å². The van der Waals surface area contributed by atoms with E-state index in [-0.39, 0.29) is 6.03 Å². The van der Waals surface area contributed by atoms with E-state index in [0.717, 1.165) is 22.8 Å². The molecule has 2 amide bonds. The predicted molar refractivity (Wildman–Crippen MR) is 111 cm³/mol. The van der Waals surface area contributed by atoms with Gasteiger partial charge >= 0.3 is 6.03 Å². The average Bonchev–Trinajstić information content (AvgIpc) is 2.94. The van der Waals surface area contributed by atoms with Gasteiger partial charge in [-0.25, -0.2) is 4.79 Å². The number of hydrogen-bond donors (Lipinski definition) is 1. The molecule has 2 aromatic rings. The molecule has 1 saturated heterocycles. The summed E-state index contributed by atoms with van der Waals surface area (Å²) in [6, 6.07) is 13.1. The van der Waals surface area contributed by atoms with Crippen LogP contribution < -0.4 is 14.8 Å². The molecule has 0 spiro atoms. The van der Waals surface area contributed by atoms with E-state index in [0.29, 0.717) is 35.5 Å². The Morgan fingerprint density at radius 3 is 2.52 bits per heavy atom. The largest absolute Gasteiger partial charge is 0.497 e. The molecule has 1 aliphatic heterocycles. The molecule has 0 saturated carbocycles. The molecular weight excluding hydrogens is 384 g/mol. The van der Waals surface area contributed by atoms with Gasteiger partial charge in [-0.05, 0) is 18.1 Å². The molecule has 0 aliphatic carbocycles. The lowest BCUT2D eigenvalue weighted by molar-refractivity contribution is 0.215. The van der Waals surface area contributed by atoms with Crippen molar-refractivity contribution in [2.45, 2.75) is 11.7 Å². The number of nitrogens with one attached hydrogen (secondary N) is 1. The van der Waals surface area contributed by atoms with Crippen molar-refractivity contribution in [2.24, 2.45) is 0 Å². The summed E-state index contributed by atoms with van der Waals surface area (Å²) < 4.78 is 10.5. The number of methoxy groups -OCH3 is 2. The number of hydrogen-bond acceptors (Lipinski definition) is 4. The van der Waals surface area contributed by atoms with Gasteiger partial charge in [0.1, 0.15) is 11.5 Å². The van der Waals surface area contributed by atoms with Crippen LogP contribution in [0.5, 0.6) is 11.5 Å². The average molecular weight is 407 g/mol. The quantitative estimate of drug-likeness (QED) is 0.770. The SMILES string of the molecule is COc1cc(NC(=O)N2CCSC(c3ccccc3Cl)CC2)cc(OC)c1. The Morgan fingerprint density at radius 1 is 1.15 bits per heavy atom. The van der Waals surface area contributed by atoms with Crippen LogP contribution in [-0.4, -0.2) is 44.0 Å². The van der Waals surface area contributed by atoms with Crippen molar-refractivity contribution in [3.8, 4) is 11.5 Å². The molecule has 1 fully saturated rings. The summed E-state index contributed by atoms with van der Waals surface area (Å²) in [5, 5.41) is 4.03. The van der Waals surface area contributed by atoms with Crippen LogP contribution in [0.15, 0.2) is 42.5 Å². The zero-order valence-corrected chi connectivity index (χ0v) is 17.0. The summed E-state index contributed by atoms with van der Waals surface area (Å²) in [4.78, 5) is 14.6. The molecular formula is C20H23ClN2O3S. The van der Waals surface area contributed by atoms with Crippen LogP contribution in [-0.2, 0) is 0 Å². The van der Waals surface area contributed by atoms with Gasteiger partial charge in [-0.15, -0.1) is 0 Å². The van der Waals surface area contributed by atoms with Gasteiger partial charge in [0, 0.05) is 53.0 Å². The lowest BCUT2D eigenvalue weighted by Gasteiger charge is -2.21. The number of amides is 2. The first kappa shape index (κ1) is 19.7. The van der Waals surface area contributed by atoms with Crippen LogP contribution in [0, 0.1) is 0 Å². The van der Waals surface area contributed by atoms with Crippen LogP contribution in [0.2, 0.25) is 5.02 Å². The van der Waals surface area contributed by atoms with Crippen molar-refractivity contribution in [3.63, 3.8) is 0 Å². The number of thioether (sulfide) groups is 1. The maximum Gasteiger partial charge on any atom is 0.321 e. The maximum absolute atomic E-state index is 12.7. The molecule has 0 bridgehead atoms. The van der Waals surface area contributed by atoms with Gasteiger partial charge in [0.15, 0.2) is 0 Å². The molecule has 1 heterocycles. The zero-order valence-electron chi connectivity index (χ0n) is 15.4. The molecule has 1 unspecified atom stereocenters. The zero-order chi connectivity index (χ0) is 19.2. The number of halogens is 1. The van der Waals surface area contributed by atoms with E-state index < -0.39 is 0 Å². The third-order valence-electron chi connectivity index (χ3n) is 4.48. The molecule has 144 valence electrons. The van der Waals surface area contributed by atoms with Gasteiger partial charge < -0.3 is 19.7 Å². The van der Waals surface area contributed by atoms with Gasteiger partial charge in [-0.3, -0.25) is 0 Å². The Hall–Kier alpha value is -2.05. The van der Waals surface area contributed by atoms with E-state index in [1.807, 2.05) is 34.9 Å². The lowest BCUT2D eigenvalue weighted by Crippen LogP contribution is -2.36. The maximum atomic E-state index is 12.7. The highest BCUT2D eigenvalue weighted by atomic mass is 35.5. The first-order valence-electron chi connectivity index (χ1n) is 8.75. The van der Waals surface area contributed by atoms with Gasteiger partial charge in [0.2, 0.25) is 0 Å². The van der Waals surface area contributed by atoms with Crippen LogP contribution in [0.4, 0.5) is 10.5 Å². The normalized spacial score (nSPS) is 17.1. The lowest BCUT2D eigenvalue weighted by atomic mass is 10.1. The van der Waals surface area contributed by atoms with E-state index in [1.165, 1.54) is 0 Å². The fourth-order valence-corrected chi connectivity index (χ4v) is 4.64. The van der Waals surface area contributed by atoms with E-state index in [1.54, 1.807) is 32.4 Å². The first-order valence-corrected chi connectivity index (χ1v) is 10.2. The summed E-state index contributed by atoms with van der Waals surface area (Å²) in [5.41, 5.74) is 1.79. The standard InChI is InChI=1S/C20H23ClN2O3S/c1-25-15-11-14(12-16(13-15)26-2)22-20(24)23-8-7-19(27-10-9-23)17-5-3-4-6-18(17)21/h3-6,11-13,19H,7-10H2,1-2H3,(H,22,24). The van der Waals surface area contributed by atoms with E-state index >= 15 is 0 Å². The molecule has 27 heavy (non-hydrogen) atoms. The number of nitrogens with zero attached hydrogens (tertiary/aromatic N) is 1. The smallest absolute Gasteiger partial charge is 0.321 e.